The zero-order chi connectivity index (χ0) is 17.2. The van der Waals surface area contributed by atoms with E-state index in [2.05, 4.69) is 20.5 Å². The molecule has 3 saturated heterocycles. The molecule has 3 fully saturated rings. The van der Waals surface area contributed by atoms with Crippen molar-refractivity contribution in [2.75, 3.05) is 18.4 Å². The van der Waals surface area contributed by atoms with Crippen LogP contribution in [0, 0.1) is 11.8 Å². The molecule has 1 unspecified atom stereocenters. The standard InChI is InChI=1S/C18H24N6O/c19-9-15-10-24(22-21-15)11-16-8-13-6-7-23(16)12-17(13)18(25)20-14-4-2-1-3-5-14/h1-5,10,13,16-17H,6-9,11-12,19H2,(H,20,25)/t13-,16-,17+/m1/s1. The van der Waals surface area contributed by atoms with Crippen molar-refractivity contribution < 1.29 is 4.79 Å². The molecule has 0 radical (unpaired) electrons. The third kappa shape index (κ3) is 3.43. The van der Waals surface area contributed by atoms with Gasteiger partial charge in [0, 0.05) is 31.0 Å². The molecule has 1 aromatic carbocycles. The number of carbonyl (C=O) groups is 1. The van der Waals surface area contributed by atoms with Gasteiger partial charge in [-0.3, -0.25) is 14.4 Å². The van der Waals surface area contributed by atoms with Gasteiger partial charge in [0.05, 0.1) is 18.2 Å². The number of aromatic nitrogens is 3. The van der Waals surface area contributed by atoms with Crippen LogP contribution in [0.2, 0.25) is 0 Å². The normalized spacial score (nSPS) is 28.0. The van der Waals surface area contributed by atoms with Gasteiger partial charge in [0.25, 0.3) is 0 Å². The zero-order valence-electron chi connectivity index (χ0n) is 14.2. The minimum Gasteiger partial charge on any atom is -0.326 e. The Balaban J connectivity index is 1.38. The number of piperidine rings is 3. The monoisotopic (exact) mass is 340 g/mol. The van der Waals surface area contributed by atoms with Gasteiger partial charge in [0.1, 0.15) is 0 Å². The van der Waals surface area contributed by atoms with Crippen LogP contribution in [0.25, 0.3) is 0 Å². The third-order valence-corrected chi connectivity index (χ3v) is 5.45. The lowest BCUT2D eigenvalue weighted by atomic mass is 9.75. The van der Waals surface area contributed by atoms with Gasteiger partial charge >= 0.3 is 0 Å². The fourth-order valence-electron chi connectivity index (χ4n) is 4.12. The van der Waals surface area contributed by atoms with E-state index in [0.717, 1.165) is 43.9 Å². The van der Waals surface area contributed by atoms with Crippen LogP contribution in [0.15, 0.2) is 36.5 Å². The second kappa shape index (κ2) is 6.93. The lowest BCUT2D eigenvalue weighted by Crippen LogP contribution is -2.57. The molecule has 4 atom stereocenters. The molecule has 25 heavy (non-hydrogen) atoms. The Labute approximate surface area is 147 Å². The van der Waals surface area contributed by atoms with Crippen molar-refractivity contribution in [3.63, 3.8) is 0 Å². The number of fused-ring (bicyclic) bond motifs is 3. The van der Waals surface area contributed by atoms with Crippen molar-refractivity contribution >= 4 is 11.6 Å². The minimum atomic E-state index is 0.0700. The molecular weight excluding hydrogens is 316 g/mol. The lowest BCUT2D eigenvalue weighted by molar-refractivity contribution is -0.127. The summed E-state index contributed by atoms with van der Waals surface area (Å²) >= 11 is 0. The average molecular weight is 340 g/mol. The number of nitrogens with zero attached hydrogens (tertiary/aromatic N) is 4. The molecule has 7 heteroatoms. The zero-order valence-corrected chi connectivity index (χ0v) is 14.2. The molecule has 3 aliphatic heterocycles. The maximum absolute atomic E-state index is 12.7. The number of nitrogens with one attached hydrogen (secondary N) is 1. The van der Waals surface area contributed by atoms with E-state index < -0.39 is 0 Å². The largest absolute Gasteiger partial charge is 0.326 e. The number of benzene rings is 1. The Hall–Kier alpha value is -2.25. The Bertz CT molecular complexity index is 730. The second-order valence-corrected chi connectivity index (χ2v) is 7.03. The molecule has 0 spiro atoms. The maximum atomic E-state index is 12.7. The van der Waals surface area contributed by atoms with Crippen molar-refractivity contribution in [3.05, 3.63) is 42.2 Å². The van der Waals surface area contributed by atoms with Crippen molar-refractivity contribution in [3.8, 4) is 0 Å². The van der Waals surface area contributed by atoms with Gasteiger partial charge in [-0.1, -0.05) is 23.4 Å². The van der Waals surface area contributed by atoms with Crippen LogP contribution in [0.5, 0.6) is 0 Å². The van der Waals surface area contributed by atoms with Gasteiger partial charge in [-0.15, -0.1) is 5.10 Å². The van der Waals surface area contributed by atoms with Gasteiger partial charge < -0.3 is 11.1 Å². The van der Waals surface area contributed by atoms with E-state index in [-0.39, 0.29) is 11.8 Å². The Kier molecular flexibility index (Phi) is 4.50. The Morgan fingerprint density at radius 3 is 2.84 bits per heavy atom. The van der Waals surface area contributed by atoms with E-state index in [0.29, 0.717) is 18.5 Å². The highest BCUT2D eigenvalue weighted by Crippen LogP contribution is 2.37. The fraction of sp³-hybridized carbons (Fsp3) is 0.500. The summed E-state index contributed by atoms with van der Waals surface area (Å²) in [5.74, 6) is 0.655. The van der Waals surface area contributed by atoms with Crippen LogP contribution in [-0.2, 0) is 17.9 Å². The summed E-state index contributed by atoms with van der Waals surface area (Å²) < 4.78 is 1.88. The molecule has 3 N–H and O–H groups in total. The predicted octanol–water partition coefficient (Wildman–Crippen LogP) is 1.09. The van der Waals surface area contributed by atoms with Crippen LogP contribution >= 0.6 is 0 Å². The second-order valence-electron chi connectivity index (χ2n) is 7.03. The molecule has 132 valence electrons. The summed E-state index contributed by atoms with van der Waals surface area (Å²) in [4.78, 5) is 15.1. The fourth-order valence-corrected chi connectivity index (χ4v) is 4.12. The first-order valence-electron chi connectivity index (χ1n) is 8.92. The summed E-state index contributed by atoms with van der Waals surface area (Å²) in [7, 11) is 0. The number of hydrogen-bond donors (Lipinski definition) is 2. The molecule has 5 rings (SSSR count). The lowest BCUT2D eigenvalue weighted by Gasteiger charge is -2.49. The molecule has 0 aliphatic carbocycles. The summed E-state index contributed by atoms with van der Waals surface area (Å²) in [6.45, 7) is 3.12. The summed E-state index contributed by atoms with van der Waals surface area (Å²) in [5, 5.41) is 11.3. The van der Waals surface area contributed by atoms with Crippen LogP contribution in [0.3, 0.4) is 0 Å². The number of carbonyl (C=O) groups excluding carboxylic acids is 1. The van der Waals surface area contributed by atoms with E-state index in [1.165, 1.54) is 0 Å². The average Bonchev–Trinajstić information content (AvgIpc) is 3.10. The number of amides is 1. The first-order chi connectivity index (χ1) is 12.2. The maximum Gasteiger partial charge on any atom is 0.229 e. The van der Waals surface area contributed by atoms with Crippen LogP contribution in [0.1, 0.15) is 18.5 Å². The molecule has 0 saturated carbocycles. The summed E-state index contributed by atoms with van der Waals surface area (Å²) in [6, 6.07) is 10.1. The van der Waals surface area contributed by atoms with Crippen molar-refractivity contribution in [1.82, 2.24) is 19.9 Å². The number of anilines is 1. The quantitative estimate of drug-likeness (QED) is 0.850. The van der Waals surface area contributed by atoms with Gasteiger partial charge in [-0.25, -0.2) is 0 Å². The molecule has 2 aromatic rings. The predicted molar refractivity (Wildman–Crippen MR) is 94.6 cm³/mol. The highest BCUT2D eigenvalue weighted by atomic mass is 16.2. The first kappa shape index (κ1) is 16.2. The van der Waals surface area contributed by atoms with Crippen molar-refractivity contribution in [1.29, 1.82) is 0 Å². The first-order valence-corrected chi connectivity index (χ1v) is 8.92. The molecule has 1 amide bonds. The summed E-state index contributed by atoms with van der Waals surface area (Å²) in [5.41, 5.74) is 7.29. The van der Waals surface area contributed by atoms with E-state index >= 15 is 0 Å². The van der Waals surface area contributed by atoms with Crippen LogP contribution in [0.4, 0.5) is 5.69 Å². The van der Waals surface area contributed by atoms with Gasteiger partial charge in [0.15, 0.2) is 0 Å². The number of rotatable bonds is 5. The third-order valence-electron chi connectivity index (χ3n) is 5.45. The Morgan fingerprint density at radius 1 is 1.32 bits per heavy atom. The van der Waals surface area contributed by atoms with Crippen molar-refractivity contribution in [2.45, 2.75) is 32.0 Å². The minimum absolute atomic E-state index is 0.0700. The van der Waals surface area contributed by atoms with E-state index in [1.807, 2.05) is 41.2 Å². The SMILES string of the molecule is NCc1cn(C[C@H]2C[C@H]3CCN2C[C@@H]3C(=O)Nc2ccccc2)nn1. The van der Waals surface area contributed by atoms with E-state index in [9.17, 15) is 4.79 Å². The number of nitrogens with two attached hydrogens (primary N) is 1. The molecule has 2 bridgehead atoms. The van der Waals surface area contributed by atoms with Gasteiger partial charge in [0.2, 0.25) is 5.91 Å². The highest BCUT2D eigenvalue weighted by molar-refractivity contribution is 5.93. The van der Waals surface area contributed by atoms with Gasteiger partial charge in [-0.05, 0) is 37.4 Å². The smallest absolute Gasteiger partial charge is 0.229 e. The molecular formula is C18H24N6O. The molecule has 1 aromatic heterocycles. The molecule has 4 heterocycles. The number of para-hydroxylation sites is 1. The summed E-state index contributed by atoms with van der Waals surface area (Å²) in [6.07, 6.45) is 4.04. The van der Waals surface area contributed by atoms with E-state index in [4.69, 9.17) is 5.73 Å². The topological polar surface area (TPSA) is 89.1 Å². The Morgan fingerprint density at radius 2 is 2.16 bits per heavy atom. The van der Waals surface area contributed by atoms with Gasteiger partial charge in [-0.2, -0.15) is 0 Å². The number of hydrogen-bond acceptors (Lipinski definition) is 5. The van der Waals surface area contributed by atoms with E-state index in [1.54, 1.807) is 0 Å². The van der Waals surface area contributed by atoms with Crippen LogP contribution < -0.4 is 11.1 Å². The van der Waals surface area contributed by atoms with Crippen molar-refractivity contribution in [2.24, 2.45) is 17.6 Å². The molecule has 7 nitrogen and oxygen atoms in total. The van der Waals surface area contributed by atoms with Crippen LogP contribution in [-0.4, -0.2) is 44.9 Å². The highest BCUT2D eigenvalue weighted by Gasteiger charge is 2.43. The molecule has 3 aliphatic rings.